The summed E-state index contributed by atoms with van der Waals surface area (Å²) in [4.78, 5) is 34.0. The van der Waals surface area contributed by atoms with Crippen LogP contribution < -0.4 is 10.6 Å². The summed E-state index contributed by atoms with van der Waals surface area (Å²) in [6.07, 6.45) is 7.68. The molecule has 2 N–H and O–H groups in total. The Morgan fingerprint density at radius 1 is 1.29 bits per heavy atom. The summed E-state index contributed by atoms with van der Waals surface area (Å²) >= 11 is 0. The quantitative estimate of drug-likeness (QED) is 0.579. The molecular formula is C15H24N2O4. The summed E-state index contributed by atoms with van der Waals surface area (Å²) < 4.78 is 4.73. The van der Waals surface area contributed by atoms with Crippen LogP contribution in [0.5, 0.6) is 0 Å². The predicted molar refractivity (Wildman–Crippen MR) is 78.5 cm³/mol. The SMILES string of the molecule is CC(C)C(=O)OCC(=O)NC(=O)NCCC1=CCCCC1. The lowest BCUT2D eigenvalue weighted by atomic mass is 9.97. The third-order valence-corrected chi connectivity index (χ3v) is 3.19. The molecule has 0 radical (unpaired) electrons. The molecule has 1 aliphatic rings. The zero-order valence-electron chi connectivity index (χ0n) is 12.7. The summed E-state index contributed by atoms with van der Waals surface area (Å²) in [7, 11) is 0. The molecule has 0 heterocycles. The van der Waals surface area contributed by atoms with Gasteiger partial charge in [-0.25, -0.2) is 4.79 Å². The zero-order valence-corrected chi connectivity index (χ0v) is 12.7. The first kappa shape index (κ1) is 17.2. The van der Waals surface area contributed by atoms with Crippen LogP contribution >= 0.6 is 0 Å². The molecule has 0 saturated carbocycles. The monoisotopic (exact) mass is 296 g/mol. The van der Waals surface area contributed by atoms with Crippen molar-refractivity contribution >= 4 is 17.9 Å². The number of amides is 3. The van der Waals surface area contributed by atoms with Gasteiger partial charge in [-0.1, -0.05) is 25.5 Å². The first-order valence-electron chi connectivity index (χ1n) is 7.41. The average Bonchev–Trinajstić information content (AvgIpc) is 2.45. The van der Waals surface area contributed by atoms with Gasteiger partial charge in [-0.15, -0.1) is 0 Å². The van der Waals surface area contributed by atoms with Crippen molar-refractivity contribution < 1.29 is 19.1 Å². The number of rotatable bonds is 6. The molecule has 0 aromatic heterocycles. The van der Waals surface area contributed by atoms with Crippen LogP contribution in [0.15, 0.2) is 11.6 Å². The molecule has 0 atom stereocenters. The smallest absolute Gasteiger partial charge is 0.321 e. The number of ether oxygens (including phenoxy) is 1. The fourth-order valence-electron chi connectivity index (χ4n) is 1.98. The van der Waals surface area contributed by atoms with Gasteiger partial charge < -0.3 is 10.1 Å². The van der Waals surface area contributed by atoms with E-state index in [1.54, 1.807) is 13.8 Å². The van der Waals surface area contributed by atoms with E-state index in [4.69, 9.17) is 4.74 Å². The van der Waals surface area contributed by atoms with E-state index in [2.05, 4.69) is 16.7 Å². The highest BCUT2D eigenvalue weighted by molar-refractivity contribution is 5.95. The van der Waals surface area contributed by atoms with E-state index in [0.29, 0.717) is 6.54 Å². The maximum Gasteiger partial charge on any atom is 0.321 e. The highest BCUT2D eigenvalue weighted by atomic mass is 16.5. The second kappa shape index (κ2) is 9.15. The zero-order chi connectivity index (χ0) is 15.7. The fourth-order valence-corrected chi connectivity index (χ4v) is 1.98. The van der Waals surface area contributed by atoms with Crippen LogP contribution in [0, 0.1) is 5.92 Å². The van der Waals surface area contributed by atoms with Gasteiger partial charge in [0.05, 0.1) is 5.92 Å². The van der Waals surface area contributed by atoms with E-state index < -0.39 is 24.5 Å². The van der Waals surface area contributed by atoms with Crippen molar-refractivity contribution in [2.45, 2.75) is 46.0 Å². The van der Waals surface area contributed by atoms with E-state index in [1.165, 1.54) is 18.4 Å². The van der Waals surface area contributed by atoms with Gasteiger partial charge in [-0.2, -0.15) is 0 Å². The second-order valence-electron chi connectivity index (χ2n) is 5.42. The molecule has 0 unspecified atom stereocenters. The molecule has 0 fully saturated rings. The Morgan fingerprint density at radius 3 is 2.67 bits per heavy atom. The number of carbonyl (C=O) groups excluding carboxylic acids is 3. The average molecular weight is 296 g/mol. The summed E-state index contributed by atoms with van der Waals surface area (Å²) in [5.41, 5.74) is 1.36. The van der Waals surface area contributed by atoms with Gasteiger partial charge in [-0.3, -0.25) is 14.9 Å². The van der Waals surface area contributed by atoms with Crippen LogP contribution in [-0.2, 0) is 14.3 Å². The molecule has 21 heavy (non-hydrogen) atoms. The Kier molecular flexibility index (Phi) is 7.50. The number of hydrogen-bond donors (Lipinski definition) is 2. The van der Waals surface area contributed by atoms with Crippen LogP contribution in [0.2, 0.25) is 0 Å². The molecule has 0 aromatic carbocycles. The summed E-state index contributed by atoms with van der Waals surface area (Å²) in [6, 6.07) is -0.558. The predicted octanol–water partition coefficient (Wildman–Crippen LogP) is 1.90. The van der Waals surface area contributed by atoms with Crippen LogP contribution in [0.3, 0.4) is 0 Å². The van der Waals surface area contributed by atoms with E-state index in [-0.39, 0.29) is 5.92 Å². The second-order valence-corrected chi connectivity index (χ2v) is 5.42. The van der Waals surface area contributed by atoms with Crippen molar-refractivity contribution in [2.75, 3.05) is 13.2 Å². The third kappa shape index (κ3) is 7.48. The third-order valence-electron chi connectivity index (χ3n) is 3.19. The maximum atomic E-state index is 11.5. The van der Waals surface area contributed by atoms with E-state index in [0.717, 1.165) is 19.3 Å². The van der Waals surface area contributed by atoms with E-state index in [9.17, 15) is 14.4 Å². The van der Waals surface area contributed by atoms with Crippen molar-refractivity contribution in [1.29, 1.82) is 0 Å². The minimum Gasteiger partial charge on any atom is -0.455 e. The molecule has 0 saturated heterocycles. The van der Waals surface area contributed by atoms with Crippen LogP contribution in [0.4, 0.5) is 4.79 Å². The van der Waals surface area contributed by atoms with Crippen molar-refractivity contribution in [3.63, 3.8) is 0 Å². The Balaban J connectivity index is 2.13. The van der Waals surface area contributed by atoms with Gasteiger partial charge in [-0.05, 0) is 32.1 Å². The van der Waals surface area contributed by atoms with Crippen molar-refractivity contribution in [2.24, 2.45) is 5.92 Å². The van der Waals surface area contributed by atoms with Gasteiger partial charge in [0.2, 0.25) is 0 Å². The molecular weight excluding hydrogens is 272 g/mol. The summed E-state index contributed by atoms with van der Waals surface area (Å²) in [5.74, 6) is -1.39. The van der Waals surface area contributed by atoms with Crippen LogP contribution in [-0.4, -0.2) is 31.1 Å². The first-order chi connectivity index (χ1) is 9.99. The lowest BCUT2D eigenvalue weighted by Crippen LogP contribution is -2.42. The van der Waals surface area contributed by atoms with Crippen molar-refractivity contribution in [3.05, 3.63) is 11.6 Å². The molecule has 0 bridgehead atoms. The number of esters is 1. The highest BCUT2D eigenvalue weighted by Gasteiger charge is 2.13. The number of imide groups is 1. The minimum atomic E-state index is -0.626. The van der Waals surface area contributed by atoms with Gasteiger partial charge in [0, 0.05) is 6.54 Å². The van der Waals surface area contributed by atoms with Gasteiger partial charge in [0.15, 0.2) is 6.61 Å². The molecule has 0 aliphatic heterocycles. The van der Waals surface area contributed by atoms with Crippen LogP contribution in [0.1, 0.15) is 46.0 Å². The minimum absolute atomic E-state index is 0.296. The lowest BCUT2D eigenvalue weighted by molar-refractivity contribution is -0.151. The molecule has 0 aromatic rings. The van der Waals surface area contributed by atoms with Crippen LogP contribution in [0.25, 0.3) is 0 Å². The number of carbonyl (C=O) groups is 3. The fraction of sp³-hybridized carbons (Fsp3) is 0.667. The number of urea groups is 1. The maximum absolute atomic E-state index is 11.5. The van der Waals surface area contributed by atoms with Crippen molar-refractivity contribution in [1.82, 2.24) is 10.6 Å². The van der Waals surface area contributed by atoms with Gasteiger partial charge in [0.25, 0.3) is 5.91 Å². The number of hydrogen-bond acceptors (Lipinski definition) is 4. The van der Waals surface area contributed by atoms with Gasteiger partial charge in [0.1, 0.15) is 0 Å². The molecule has 1 rings (SSSR count). The summed E-state index contributed by atoms with van der Waals surface area (Å²) in [5, 5.41) is 4.75. The molecule has 6 nitrogen and oxygen atoms in total. The molecule has 1 aliphatic carbocycles. The van der Waals surface area contributed by atoms with E-state index >= 15 is 0 Å². The van der Waals surface area contributed by atoms with Crippen molar-refractivity contribution in [3.8, 4) is 0 Å². The Bertz CT molecular complexity index is 416. The Morgan fingerprint density at radius 2 is 2.05 bits per heavy atom. The topological polar surface area (TPSA) is 84.5 Å². The molecule has 6 heteroatoms. The molecule has 3 amide bonds. The van der Waals surface area contributed by atoms with E-state index in [1.807, 2.05) is 0 Å². The summed E-state index contributed by atoms with van der Waals surface area (Å²) in [6.45, 7) is 3.41. The first-order valence-corrected chi connectivity index (χ1v) is 7.41. The molecule has 118 valence electrons. The Hall–Kier alpha value is -1.85. The highest BCUT2D eigenvalue weighted by Crippen LogP contribution is 2.19. The normalized spacial score (nSPS) is 14.3. The largest absolute Gasteiger partial charge is 0.455 e. The lowest BCUT2D eigenvalue weighted by Gasteiger charge is -2.13. The Labute approximate surface area is 125 Å². The van der Waals surface area contributed by atoms with Gasteiger partial charge >= 0.3 is 12.0 Å². The number of nitrogens with one attached hydrogen (secondary N) is 2. The molecule has 0 spiro atoms. The standard InChI is InChI=1S/C15H24N2O4/c1-11(2)14(19)21-10-13(18)17-15(20)16-9-8-12-6-4-3-5-7-12/h6,11H,3-5,7-10H2,1-2H3,(H2,16,17,18,20). The number of allylic oxidation sites excluding steroid dienone is 1.